The van der Waals surface area contributed by atoms with E-state index in [-0.39, 0.29) is 39.7 Å². The van der Waals surface area contributed by atoms with E-state index in [1.807, 2.05) is 0 Å². The van der Waals surface area contributed by atoms with Gasteiger partial charge in [0.25, 0.3) is 0 Å². The zero-order valence-electron chi connectivity index (χ0n) is 44.5. The van der Waals surface area contributed by atoms with Gasteiger partial charge in [0.05, 0.1) is 35.5 Å². The smallest absolute Gasteiger partial charge is 0.346 e. The maximum absolute atomic E-state index is 15.3. The van der Waals surface area contributed by atoms with Gasteiger partial charge < -0.3 is 28.4 Å². The van der Waals surface area contributed by atoms with Crippen molar-refractivity contribution in [2.45, 2.75) is 175 Å². The molecule has 0 aliphatic rings. The summed E-state index contributed by atoms with van der Waals surface area (Å²) in [5.74, 6) is -4.67. The van der Waals surface area contributed by atoms with Gasteiger partial charge in [0, 0.05) is 17.7 Å². The van der Waals surface area contributed by atoms with E-state index < -0.39 is 46.6 Å². The lowest BCUT2D eigenvalue weighted by Crippen LogP contribution is -2.14. The van der Waals surface area contributed by atoms with Gasteiger partial charge in [-0.05, 0) is 105 Å². The van der Waals surface area contributed by atoms with Crippen LogP contribution in [0, 0.1) is 18.6 Å². The SMILES string of the molecule is CCCCCCCCCCCCCCOc1ccc(C(=O)Oc2ccc(C(=O)Oc3cccc(OC(=O)c4ccc(OC(=O)c5ccc(OCCCCCCCCCCCCCC)cc5)cc4F)c3C)c(F)c2)cc1. The van der Waals surface area contributed by atoms with Crippen LogP contribution >= 0.6 is 0 Å². The van der Waals surface area contributed by atoms with Gasteiger partial charge in [-0.15, -0.1) is 0 Å². The van der Waals surface area contributed by atoms with Crippen LogP contribution in [0.5, 0.6) is 34.5 Å². The molecule has 0 radical (unpaired) electrons. The zero-order chi connectivity index (χ0) is 53.5. The van der Waals surface area contributed by atoms with Crippen molar-refractivity contribution < 1.29 is 56.4 Å². The van der Waals surface area contributed by atoms with E-state index in [0.29, 0.717) is 24.7 Å². The predicted molar refractivity (Wildman–Crippen MR) is 290 cm³/mol. The van der Waals surface area contributed by atoms with E-state index in [1.165, 1.54) is 166 Å². The molecule has 0 unspecified atom stereocenters. The topological polar surface area (TPSA) is 124 Å². The minimum absolute atomic E-state index is 0.0522. The standard InChI is InChI=1S/C63H78F2O10/c1-4-6-8-10-12-14-16-18-20-22-24-26-43-70-50-35-31-48(32-36-50)60(66)72-52-39-41-54(56(64)45-52)62(68)74-58-29-28-30-59(47(58)3)75-63(69)55-42-40-53(46-57(55)65)73-61(67)49-33-37-51(38-34-49)71-44-27-25-23-21-19-17-15-13-11-9-7-5-2/h28-42,45-46H,4-27,43-44H2,1-3H3. The average molecular weight is 1030 g/mol. The normalized spacial score (nSPS) is 11.0. The first-order valence-electron chi connectivity index (χ1n) is 27.6. The number of carbonyl (C=O) groups excluding carboxylic acids is 4. The second-order valence-corrected chi connectivity index (χ2v) is 19.2. The quantitative estimate of drug-likeness (QED) is 0.0218. The van der Waals surface area contributed by atoms with Crippen molar-refractivity contribution in [1.82, 2.24) is 0 Å². The third-order valence-electron chi connectivity index (χ3n) is 13.1. The monoisotopic (exact) mass is 1030 g/mol. The van der Waals surface area contributed by atoms with E-state index in [2.05, 4.69) is 13.8 Å². The summed E-state index contributed by atoms with van der Waals surface area (Å²) in [7, 11) is 0. The molecule has 0 aliphatic carbocycles. The molecule has 5 aromatic carbocycles. The Kier molecular flexibility index (Phi) is 27.0. The molecule has 12 heteroatoms. The van der Waals surface area contributed by atoms with Crippen molar-refractivity contribution in [3.63, 3.8) is 0 Å². The van der Waals surface area contributed by atoms with Crippen LogP contribution in [-0.4, -0.2) is 37.1 Å². The fraction of sp³-hybridized carbons (Fsp3) is 0.460. The molecule has 75 heavy (non-hydrogen) atoms. The third kappa shape index (κ3) is 21.7. The molecule has 0 saturated carbocycles. The first-order valence-corrected chi connectivity index (χ1v) is 27.6. The van der Waals surface area contributed by atoms with E-state index >= 15 is 8.78 Å². The van der Waals surface area contributed by atoms with Crippen LogP contribution in [0.3, 0.4) is 0 Å². The minimum atomic E-state index is -1.07. The van der Waals surface area contributed by atoms with Crippen LogP contribution in [0.15, 0.2) is 103 Å². The molecule has 0 amide bonds. The molecule has 0 aromatic heterocycles. The molecule has 404 valence electrons. The van der Waals surface area contributed by atoms with Gasteiger partial charge in [-0.25, -0.2) is 28.0 Å². The first-order chi connectivity index (χ1) is 36.6. The van der Waals surface area contributed by atoms with E-state index in [9.17, 15) is 19.2 Å². The van der Waals surface area contributed by atoms with Gasteiger partial charge in [0.2, 0.25) is 0 Å². The molecular weight excluding hydrogens is 955 g/mol. The lowest BCUT2D eigenvalue weighted by atomic mass is 10.1. The molecule has 5 aromatic rings. The second kappa shape index (κ2) is 34.1. The molecule has 0 atom stereocenters. The fourth-order valence-electron chi connectivity index (χ4n) is 8.55. The van der Waals surface area contributed by atoms with Gasteiger partial charge >= 0.3 is 23.9 Å². The molecular formula is C63H78F2O10. The summed E-state index contributed by atoms with van der Waals surface area (Å²) < 4.78 is 63.9. The number of rotatable bonds is 36. The number of esters is 4. The Bertz CT molecular complexity index is 2340. The van der Waals surface area contributed by atoms with Gasteiger partial charge in [-0.2, -0.15) is 0 Å². The van der Waals surface area contributed by atoms with E-state index in [4.69, 9.17) is 28.4 Å². The van der Waals surface area contributed by atoms with Crippen molar-refractivity contribution >= 4 is 23.9 Å². The van der Waals surface area contributed by atoms with Crippen LogP contribution in [0.25, 0.3) is 0 Å². The Balaban J connectivity index is 1.00. The number of hydrogen-bond acceptors (Lipinski definition) is 10. The molecule has 0 fully saturated rings. The summed E-state index contributed by atoms with van der Waals surface area (Å²) in [4.78, 5) is 52.0. The highest BCUT2D eigenvalue weighted by molar-refractivity contribution is 5.94. The summed E-state index contributed by atoms with van der Waals surface area (Å²) in [5.41, 5.74) is -0.230. The summed E-state index contributed by atoms with van der Waals surface area (Å²) in [5, 5.41) is 0. The Morgan fingerprint density at radius 1 is 0.360 bits per heavy atom. The first kappa shape index (κ1) is 59.3. The van der Waals surface area contributed by atoms with Crippen LogP contribution in [0.4, 0.5) is 8.78 Å². The Labute approximate surface area is 443 Å². The number of unbranched alkanes of at least 4 members (excludes halogenated alkanes) is 22. The van der Waals surface area contributed by atoms with Crippen LogP contribution in [-0.2, 0) is 0 Å². The van der Waals surface area contributed by atoms with Gasteiger partial charge in [0.15, 0.2) is 0 Å². The van der Waals surface area contributed by atoms with Gasteiger partial charge in [0.1, 0.15) is 46.1 Å². The second-order valence-electron chi connectivity index (χ2n) is 19.2. The molecule has 0 aliphatic heterocycles. The average Bonchev–Trinajstić information content (AvgIpc) is 3.40. The number of benzene rings is 5. The number of halogens is 2. The maximum atomic E-state index is 15.3. The molecule has 0 N–H and O–H groups in total. The third-order valence-corrected chi connectivity index (χ3v) is 13.1. The molecule has 0 bridgehead atoms. The number of ether oxygens (including phenoxy) is 6. The van der Waals surface area contributed by atoms with Crippen LogP contribution in [0.2, 0.25) is 0 Å². The van der Waals surface area contributed by atoms with Crippen LogP contribution in [0.1, 0.15) is 215 Å². The highest BCUT2D eigenvalue weighted by atomic mass is 19.1. The number of carbonyl (C=O) groups is 4. The summed E-state index contributed by atoms with van der Waals surface area (Å²) in [6, 6.07) is 23.9. The van der Waals surface area contributed by atoms with E-state index in [0.717, 1.165) is 49.9 Å². The van der Waals surface area contributed by atoms with Gasteiger partial charge in [-0.1, -0.05) is 161 Å². The van der Waals surface area contributed by atoms with Gasteiger partial charge in [-0.3, -0.25) is 0 Å². The molecule has 5 rings (SSSR count). The Morgan fingerprint density at radius 2 is 0.667 bits per heavy atom. The highest BCUT2D eigenvalue weighted by Crippen LogP contribution is 2.31. The van der Waals surface area contributed by atoms with Crippen molar-refractivity contribution in [2.24, 2.45) is 0 Å². The molecule has 10 nitrogen and oxygen atoms in total. The minimum Gasteiger partial charge on any atom is -0.494 e. The maximum Gasteiger partial charge on any atom is 0.346 e. The Morgan fingerprint density at radius 3 is 0.987 bits per heavy atom. The summed E-state index contributed by atoms with van der Waals surface area (Å²) in [6.45, 7) is 7.15. The van der Waals surface area contributed by atoms with Crippen molar-refractivity contribution in [2.75, 3.05) is 13.2 Å². The zero-order valence-corrected chi connectivity index (χ0v) is 44.5. The Hall–Kier alpha value is -6.56. The van der Waals surface area contributed by atoms with Crippen LogP contribution < -0.4 is 28.4 Å². The lowest BCUT2D eigenvalue weighted by Gasteiger charge is -2.13. The largest absolute Gasteiger partial charge is 0.494 e. The molecule has 0 saturated heterocycles. The molecule has 0 spiro atoms. The van der Waals surface area contributed by atoms with Crippen molar-refractivity contribution in [1.29, 1.82) is 0 Å². The highest BCUT2D eigenvalue weighted by Gasteiger charge is 2.22. The molecule has 0 heterocycles. The van der Waals surface area contributed by atoms with Crippen molar-refractivity contribution in [3.8, 4) is 34.5 Å². The predicted octanol–water partition coefficient (Wildman–Crippen LogP) is 17.3. The number of hydrogen-bond donors (Lipinski definition) is 0. The fourth-order valence-corrected chi connectivity index (χ4v) is 8.55. The van der Waals surface area contributed by atoms with Crippen molar-refractivity contribution in [3.05, 3.63) is 143 Å². The summed E-state index contributed by atoms with van der Waals surface area (Å²) >= 11 is 0. The summed E-state index contributed by atoms with van der Waals surface area (Å²) in [6.07, 6.45) is 30.3. The lowest BCUT2D eigenvalue weighted by molar-refractivity contribution is 0.0719. The van der Waals surface area contributed by atoms with E-state index in [1.54, 1.807) is 48.5 Å².